The average molecular weight is 558 g/mol. The Morgan fingerprint density at radius 1 is 1.18 bits per heavy atom. The highest BCUT2D eigenvalue weighted by atomic mass is 16.5. The van der Waals surface area contributed by atoms with Crippen molar-refractivity contribution in [3.63, 3.8) is 0 Å². The zero-order chi connectivity index (χ0) is 29.9. The molecule has 12 heteroatoms. The summed E-state index contributed by atoms with van der Waals surface area (Å²) < 4.78 is 5.24. The number of carbonyl (C=O) groups is 4. The maximum absolute atomic E-state index is 13.7. The fourth-order valence-corrected chi connectivity index (χ4v) is 5.98. The first kappa shape index (κ1) is 29.1. The fourth-order valence-electron chi connectivity index (χ4n) is 5.98. The number of rotatable bonds is 5. The van der Waals surface area contributed by atoms with Crippen LogP contribution in [-0.2, 0) is 27.3 Å². The smallest absolute Gasteiger partial charge is 0.407 e. The van der Waals surface area contributed by atoms with Gasteiger partial charge >= 0.3 is 6.09 Å². The van der Waals surface area contributed by atoms with Crippen molar-refractivity contribution in [2.75, 3.05) is 20.7 Å². The summed E-state index contributed by atoms with van der Waals surface area (Å²) in [5.41, 5.74) is 2.16. The van der Waals surface area contributed by atoms with Gasteiger partial charge in [-0.05, 0) is 55.5 Å². The summed E-state index contributed by atoms with van der Waals surface area (Å²) in [4.78, 5) is 52.9. The van der Waals surface area contributed by atoms with Crippen LogP contribution >= 0.6 is 0 Å². The number of aliphatic hydroxyl groups excluding tert-OH is 2. The Bertz CT molecular complexity index is 1370. The number of amides is 2. The number of Topliss-reactive ketones (excluding diaryl/α,β-unsaturated/α-hetero) is 2. The summed E-state index contributed by atoms with van der Waals surface area (Å²) in [5.74, 6) is -7.13. The Morgan fingerprint density at radius 2 is 1.82 bits per heavy atom. The number of nitrogens with two attached hydrogens (primary N) is 1. The lowest BCUT2D eigenvalue weighted by Gasteiger charge is -2.50. The van der Waals surface area contributed by atoms with Crippen molar-refractivity contribution in [2.45, 2.75) is 51.8 Å². The highest BCUT2D eigenvalue weighted by Gasteiger charge is 2.63. The second-order valence-electron chi connectivity index (χ2n) is 12.1. The van der Waals surface area contributed by atoms with Gasteiger partial charge in [-0.3, -0.25) is 19.3 Å². The molecule has 4 atom stereocenters. The third kappa shape index (κ3) is 4.60. The molecule has 0 heterocycles. The van der Waals surface area contributed by atoms with Crippen LogP contribution in [-0.4, -0.2) is 81.2 Å². The molecule has 0 saturated carbocycles. The molecular formula is C28H35N3O9. The van der Waals surface area contributed by atoms with Crippen molar-refractivity contribution in [3.8, 4) is 5.75 Å². The fraction of sp³-hybridized carbons (Fsp3) is 0.500. The summed E-state index contributed by atoms with van der Waals surface area (Å²) in [7, 11) is 3.13. The van der Waals surface area contributed by atoms with E-state index in [2.05, 4.69) is 5.32 Å². The molecule has 12 nitrogen and oxygen atoms in total. The number of carbonyl (C=O) groups excluding carboxylic acids is 4. The Hall–Kier alpha value is -3.90. The molecule has 0 spiro atoms. The lowest BCUT2D eigenvalue weighted by Crippen LogP contribution is -2.63. The van der Waals surface area contributed by atoms with Gasteiger partial charge in [0.05, 0.1) is 18.2 Å². The van der Waals surface area contributed by atoms with Crippen LogP contribution < -0.4 is 11.1 Å². The van der Waals surface area contributed by atoms with Crippen molar-refractivity contribution >= 4 is 23.6 Å². The van der Waals surface area contributed by atoms with E-state index in [0.717, 1.165) is 0 Å². The van der Waals surface area contributed by atoms with E-state index in [-0.39, 0.29) is 48.3 Å². The number of alkyl carbamates (subject to hydrolysis) is 1. The molecule has 0 unspecified atom stereocenters. The molecule has 3 aliphatic rings. The van der Waals surface area contributed by atoms with Crippen LogP contribution in [0.4, 0.5) is 4.79 Å². The minimum absolute atomic E-state index is 0.00566. The number of phenols is 1. The zero-order valence-electron chi connectivity index (χ0n) is 23.1. The van der Waals surface area contributed by atoms with Gasteiger partial charge in [-0.2, -0.15) is 0 Å². The van der Waals surface area contributed by atoms with Crippen LogP contribution in [0.2, 0.25) is 0 Å². The molecule has 0 aromatic heterocycles. The number of phenolic OH excluding ortho intramolecular Hbond substituents is 1. The third-order valence-electron chi connectivity index (χ3n) is 7.76. The lowest BCUT2D eigenvalue weighted by atomic mass is 9.58. The summed E-state index contributed by atoms with van der Waals surface area (Å²) in [6, 6.07) is 1.78. The number of hydrogen-bond acceptors (Lipinski definition) is 10. The molecule has 4 rings (SSSR count). The standard InChI is InChI=1S/C28H35N3O9/c1-27(2,3)11-40-26(38)30-10-12-6-7-16(32)18-14(12)8-13-9-15-20(31(4)5)22(34)19(25(29)37)24(36)28(15,39)23(35)17(13)21(18)33/h6-7,13,15,20,32,34-35,39H,8-11H2,1-5H3,(H2,29,37)(H,30,38)/t13-,15-,20-,28-/m1/s1. The van der Waals surface area contributed by atoms with Gasteiger partial charge in [-0.1, -0.05) is 26.8 Å². The van der Waals surface area contributed by atoms with E-state index in [0.29, 0.717) is 11.1 Å². The van der Waals surface area contributed by atoms with Gasteiger partial charge in [-0.25, -0.2) is 4.79 Å². The van der Waals surface area contributed by atoms with Crippen LogP contribution in [0.25, 0.3) is 0 Å². The van der Waals surface area contributed by atoms with E-state index < -0.39 is 64.1 Å². The molecule has 216 valence electrons. The van der Waals surface area contributed by atoms with Gasteiger partial charge in [0.2, 0.25) is 5.78 Å². The van der Waals surface area contributed by atoms with E-state index in [9.17, 15) is 39.6 Å². The number of hydrogen-bond donors (Lipinski definition) is 6. The third-order valence-corrected chi connectivity index (χ3v) is 7.76. The number of fused-ring (bicyclic) bond motifs is 3. The first-order valence-corrected chi connectivity index (χ1v) is 12.9. The van der Waals surface area contributed by atoms with Gasteiger partial charge in [0, 0.05) is 18.0 Å². The minimum Gasteiger partial charge on any atom is -0.510 e. The first-order chi connectivity index (χ1) is 18.5. The Balaban J connectivity index is 1.76. The number of benzene rings is 1. The number of ether oxygens (including phenoxy) is 1. The normalized spacial score (nSPS) is 26.3. The molecule has 0 radical (unpaired) electrons. The number of nitrogens with one attached hydrogen (secondary N) is 1. The van der Waals surface area contributed by atoms with Crippen molar-refractivity contribution < 1.29 is 44.3 Å². The second kappa shape index (κ2) is 9.93. The van der Waals surface area contributed by atoms with Gasteiger partial charge < -0.3 is 36.2 Å². The Morgan fingerprint density at radius 3 is 2.40 bits per heavy atom. The molecule has 0 fully saturated rings. The number of nitrogens with zero attached hydrogens (tertiary/aromatic N) is 1. The summed E-state index contributed by atoms with van der Waals surface area (Å²) in [6.45, 7) is 5.93. The van der Waals surface area contributed by atoms with E-state index in [1.54, 1.807) is 20.2 Å². The molecule has 0 aliphatic heterocycles. The molecule has 0 saturated heterocycles. The molecule has 2 amide bonds. The minimum atomic E-state index is -2.70. The topological polar surface area (TPSA) is 200 Å². The van der Waals surface area contributed by atoms with Crippen LogP contribution in [0.3, 0.4) is 0 Å². The predicted molar refractivity (Wildman–Crippen MR) is 141 cm³/mol. The quantitative estimate of drug-likeness (QED) is 0.287. The predicted octanol–water partition coefficient (Wildman–Crippen LogP) is 1.39. The summed E-state index contributed by atoms with van der Waals surface area (Å²) >= 11 is 0. The largest absolute Gasteiger partial charge is 0.510 e. The molecule has 40 heavy (non-hydrogen) atoms. The summed E-state index contributed by atoms with van der Waals surface area (Å²) in [5, 5.41) is 47.1. The van der Waals surface area contributed by atoms with Gasteiger partial charge in [-0.15, -0.1) is 0 Å². The molecule has 3 aliphatic carbocycles. The monoisotopic (exact) mass is 557 g/mol. The second-order valence-corrected chi connectivity index (χ2v) is 12.1. The van der Waals surface area contributed by atoms with Crippen molar-refractivity contribution in [1.82, 2.24) is 10.2 Å². The first-order valence-electron chi connectivity index (χ1n) is 12.9. The number of aromatic hydroxyl groups is 1. The molecule has 0 bridgehead atoms. The van der Waals surface area contributed by atoms with Gasteiger partial charge in [0.25, 0.3) is 5.91 Å². The number of primary amides is 1. The van der Waals surface area contributed by atoms with Crippen LogP contribution in [0.15, 0.2) is 34.8 Å². The molecule has 1 aromatic rings. The van der Waals surface area contributed by atoms with Crippen LogP contribution in [0, 0.1) is 17.3 Å². The highest BCUT2D eigenvalue weighted by Crippen LogP contribution is 2.52. The van der Waals surface area contributed by atoms with Crippen LogP contribution in [0.1, 0.15) is 48.7 Å². The maximum Gasteiger partial charge on any atom is 0.407 e. The molecule has 1 aromatic carbocycles. The van der Waals surface area contributed by atoms with E-state index in [4.69, 9.17) is 10.5 Å². The SMILES string of the molecule is CN(C)[C@H]1C(O)=C(C(N)=O)C(=O)[C@]2(O)C(O)=C3C(=O)c4c(O)ccc(CNC(=O)OCC(C)(C)C)c4C[C@@H]3C[C@H]12. The zero-order valence-corrected chi connectivity index (χ0v) is 23.1. The number of ketones is 2. The Labute approximate surface area is 231 Å². The number of likely N-dealkylation sites (N-methyl/N-ethyl adjacent to an activating group) is 1. The number of allylic oxidation sites excluding steroid dienone is 1. The van der Waals surface area contributed by atoms with Crippen molar-refractivity contribution in [3.05, 3.63) is 51.5 Å². The Kier molecular flexibility index (Phi) is 7.22. The van der Waals surface area contributed by atoms with E-state index in [1.807, 2.05) is 20.8 Å². The van der Waals surface area contributed by atoms with E-state index in [1.165, 1.54) is 11.0 Å². The molecule has 7 N–H and O–H groups in total. The van der Waals surface area contributed by atoms with Gasteiger partial charge in [0.1, 0.15) is 22.8 Å². The average Bonchev–Trinajstić information content (AvgIpc) is 2.83. The highest BCUT2D eigenvalue weighted by molar-refractivity contribution is 6.24. The summed E-state index contributed by atoms with van der Waals surface area (Å²) in [6.07, 6.45) is -0.555. The number of aliphatic hydroxyl groups is 3. The lowest BCUT2D eigenvalue weighted by molar-refractivity contribution is -0.148. The van der Waals surface area contributed by atoms with E-state index >= 15 is 0 Å². The van der Waals surface area contributed by atoms with Crippen molar-refractivity contribution in [1.29, 1.82) is 0 Å². The van der Waals surface area contributed by atoms with Crippen LogP contribution in [0.5, 0.6) is 5.75 Å². The maximum atomic E-state index is 13.7. The molecular weight excluding hydrogens is 522 g/mol. The van der Waals surface area contributed by atoms with Gasteiger partial charge in [0.15, 0.2) is 11.4 Å². The van der Waals surface area contributed by atoms with Crippen molar-refractivity contribution in [2.24, 2.45) is 23.0 Å².